The lowest BCUT2D eigenvalue weighted by molar-refractivity contribution is -0.116. The van der Waals surface area contributed by atoms with Crippen molar-refractivity contribution in [1.82, 2.24) is 19.7 Å². The molecule has 1 amide bonds. The maximum atomic E-state index is 13.0. The molecule has 0 saturated carbocycles. The van der Waals surface area contributed by atoms with Crippen molar-refractivity contribution in [1.29, 1.82) is 0 Å². The predicted octanol–water partition coefficient (Wildman–Crippen LogP) is 3.60. The first kappa shape index (κ1) is 18.4. The molecule has 3 aromatic rings. The standard InChI is InChI=1S/C21H21N5OS/c1-3-11-25-20(17-8-6-10-22-13-17)23-24-21(25)28-14-19(27)26-15(2)12-16-7-4-5-9-18(16)26/h3-10,13,15H,1,11-12,14H2,2H3/t15-/m0/s1. The molecule has 1 atom stereocenters. The van der Waals surface area contributed by atoms with Crippen LogP contribution >= 0.6 is 11.8 Å². The van der Waals surface area contributed by atoms with Crippen molar-refractivity contribution in [3.8, 4) is 11.4 Å². The Hall–Kier alpha value is -2.93. The molecule has 0 N–H and O–H groups in total. The molecule has 6 nitrogen and oxygen atoms in total. The molecule has 1 aliphatic heterocycles. The van der Waals surface area contributed by atoms with Crippen molar-refractivity contribution in [2.24, 2.45) is 0 Å². The monoisotopic (exact) mass is 391 g/mol. The number of fused-ring (bicyclic) bond motifs is 1. The lowest BCUT2D eigenvalue weighted by Crippen LogP contribution is -2.37. The first-order chi connectivity index (χ1) is 13.7. The summed E-state index contributed by atoms with van der Waals surface area (Å²) in [5.41, 5.74) is 3.13. The van der Waals surface area contributed by atoms with Gasteiger partial charge < -0.3 is 4.90 Å². The molecule has 2 aromatic heterocycles. The number of amides is 1. The molecule has 0 fully saturated rings. The van der Waals surface area contributed by atoms with Crippen molar-refractivity contribution >= 4 is 23.4 Å². The second kappa shape index (κ2) is 7.98. The lowest BCUT2D eigenvalue weighted by Gasteiger charge is -2.22. The van der Waals surface area contributed by atoms with Crippen molar-refractivity contribution in [2.45, 2.75) is 31.1 Å². The molecule has 7 heteroatoms. The van der Waals surface area contributed by atoms with Gasteiger partial charge in [0.1, 0.15) is 0 Å². The van der Waals surface area contributed by atoms with Crippen LogP contribution in [0.1, 0.15) is 12.5 Å². The van der Waals surface area contributed by atoms with Gasteiger partial charge in [-0.2, -0.15) is 0 Å². The molecule has 1 aliphatic rings. The Labute approximate surface area is 168 Å². The number of benzene rings is 1. The number of hydrogen-bond acceptors (Lipinski definition) is 5. The van der Waals surface area contributed by atoms with Crippen LogP contribution in [0.3, 0.4) is 0 Å². The van der Waals surface area contributed by atoms with E-state index in [0.717, 1.165) is 23.5 Å². The van der Waals surface area contributed by atoms with E-state index in [1.165, 1.54) is 17.3 Å². The fourth-order valence-electron chi connectivity index (χ4n) is 3.54. The third kappa shape index (κ3) is 3.45. The van der Waals surface area contributed by atoms with Gasteiger partial charge in [0.25, 0.3) is 0 Å². The van der Waals surface area contributed by atoms with Gasteiger partial charge >= 0.3 is 0 Å². The quantitative estimate of drug-likeness (QED) is 0.475. The summed E-state index contributed by atoms with van der Waals surface area (Å²) in [5.74, 6) is 1.11. The molecule has 0 spiro atoms. The summed E-state index contributed by atoms with van der Waals surface area (Å²) in [5, 5.41) is 9.31. The highest BCUT2D eigenvalue weighted by Gasteiger charge is 2.30. The van der Waals surface area contributed by atoms with Crippen LogP contribution in [0, 0.1) is 0 Å². The van der Waals surface area contributed by atoms with Gasteiger partial charge in [0.15, 0.2) is 11.0 Å². The highest BCUT2D eigenvalue weighted by molar-refractivity contribution is 7.99. The second-order valence-corrected chi connectivity index (χ2v) is 7.62. The van der Waals surface area contributed by atoms with E-state index in [-0.39, 0.29) is 11.9 Å². The van der Waals surface area contributed by atoms with E-state index < -0.39 is 0 Å². The molecule has 142 valence electrons. The first-order valence-electron chi connectivity index (χ1n) is 9.16. The summed E-state index contributed by atoms with van der Waals surface area (Å²) in [7, 11) is 0. The van der Waals surface area contributed by atoms with Crippen LogP contribution < -0.4 is 4.90 Å². The normalized spacial score (nSPS) is 15.5. The number of pyridine rings is 1. The number of allylic oxidation sites excluding steroid dienone is 1. The van der Waals surface area contributed by atoms with Crippen LogP contribution in [0.2, 0.25) is 0 Å². The van der Waals surface area contributed by atoms with Gasteiger partial charge in [-0.25, -0.2) is 0 Å². The molecule has 28 heavy (non-hydrogen) atoms. The first-order valence-corrected chi connectivity index (χ1v) is 10.1. The fraction of sp³-hybridized carbons (Fsp3) is 0.238. The summed E-state index contributed by atoms with van der Waals surface area (Å²) < 4.78 is 1.96. The molecule has 3 heterocycles. The number of carbonyl (C=O) groups is 1. The number of para-hydroxylation sites is 1. The van der Waals surface area contributed by atoms with Crippen LogP contribution in [0.5, 0.6) is 0 Å². The van der Waals surface area contributed by atoms with Gasteiger partial charge in [-0.15, -0.1) is 16.8 Å². The summed E-state index contributed by atoms with van der Waals surface area (Å²) in [4.78, 5) is 19.0. The zero-order valence-corrected chi connectivity index (χ0v) is 16.5. The zero-order chi connectivity index (χ0) is 19.5. The van der Waals surface area contributed by atoms with Gasteiger partial charge in [0, 0.05) is 36.2 Å². The van der Waals surface area contributed by atoms with Crippen molar-refractivity contribution in [3.05, 3.63) is 67.0 Å². The van der Waals surface area contributed by atoms with E-state index >= 15 is 0 Å². The van der Waals surface area contributed by atoms with E-state index in [1.54, 1.807) is 18.5 Å². The molecule has 1 aromatic carbocycles. The molecule has 0 radical (unpaired) electrons. The van der Waals surface area contributed by atoms with Gasteiger partial charge in [-0.1, -0.05) is 36.0 Å². The average Bonchev–Trinajstić information content (AvgIpc) is 3.27. The highest BCUT2D eigenvalue weighted by atomic mass is 32.2. The van der Waals surface area contributed by atoms with Gasteiger partial charge in [0.05, 0.1) is 5.75 Å². The number of thioether (sulfide) groups is 1. The van der Waals surface area contributed by atoms with Gasteiger partial charge in [-0.05, 0) is 37.1 Å². The summed E-state index contributed by atoms with van der Waals surface area (Å²) in [6, 6.07) is 12.1. The fourth-order valence-corrected chi connectivity index (χ4v) is 4.35. The topological polar surface area (TPSA) is 63.9 Å². The molecule has 4 rings (SSSR count). The van der Waals surface area contributed by atoms with Crippen LogP contribution in [0.4, 0.5) is 5.69 Å². The van der Waals surface area contributed by atoms with E-state index in [9.17, 15) is 4.79 Å². The SMILES string of the molecule is C=CCn1c(SCC(=O)N2c3ccccc3C[C@@H]2C)nnc1-c1cccnc1. The average molecular weight is 392 g/mol. The second-order valence-electron chi connectivity index (χ2n) is 6.68. The number of nitrogens with zero attached hydrogens (tertiary/aromatic N) is 5. The smallest absolute Gasteiger partial charge is 0.237 e. The van der Waals surface area contributed by atoms with Crippen molar-refractivity contribution in [3.63, 3.8) is 0 Å². The Morgan fingerprint density at radius 1 is 1.29 bits per heavy atom. The Balaban J connectivity index is 1.53. The minimum atomic E-state index is 0.0820. The summed E-state index contributed by atoms with van der Waals surface area (Å²) in [6.45, 7) is 6.48. The number of aromatic nitrogens is 4. The minimum absolute atomic E-state index is 0.0820. The minimum Gasteiger partial charge on any atom is -0.308 e. The molecular formula is C21H21N5OS. The zero-order valence-electron chi connectivity index (χ0n) is 15.7. The number of hydrogen-bond donors (Lipinski definition) is 0. The van der Waals surface area contributed by atoms with Gasteiger partial charge in [0.2, 0.25) is 5.91 Å². The van der Waals surface area contributed by atoms with E-state index in [2.05, 4.69) is 34.8 Å². The molecular weight excluding hydrogens is 370 g/mol. The molecule has 0 aliphatic carbocycles. The van der Waals surface area contributed by atoms with Crippen molar-refractivity contribution in [2.75, 3.05) is 10.7 Å². The Kier molecular flexibility index (Phi) is 5.25. The summed E-state index contributed by atoms with van der Waals surface area (Å²) >= 11 is 1.40. The Bertz CT molecular complexity index is 1000. The van der Waals surface area contributed by atoms with E-state index in [0.29, 0.717) is 17.5 Å². The maximum Gasteiger partial charge on any atom is 0.237 e. The van der Waals surface area contributed by atoms with Crippen LogP contribution in [0.25, 0.3) is 11.4 Å². The van der Waals surface area contributed by atoms with Crippen LogP contribution in [0.15, 0.2) is 66.6 Å². The predicted molar refractivity (Wildman–Crippen MR) is 111 cm³/mol. The van der Waals surface area contributed by atoms with E-state index in [1.807, 2.05) is 39.8 Å². The molecule has 0 saturated heterocycles. The van der Waals surface area contributed by atoms with Crippen LogP contribution in [-0.4, -0.2) is 37.5 Å². The third-order valence-electron chi connectivity index (χ3n) is 4.75. The van der Waals surface area contributed by atoms with Gasteiger partial charge in [-0.3, -0.25) is 14.3 Å². The van der Waals surface area contributed by atoms with Crippen molar-refractivity contribution < 1.29 is 4.79 Å². The Morgan fingerprint density at radius 2 is 2.14 bits per heavy atom. The number of rotatable bonds is 6. The maximum absolute atomic E-state index is 13.0. The van der Waals surface area contributed by atoms with E-state index in [4.69, 9.17) is 0 Å². The lowest BCUT2D eigenvalue weighted by atomic mass is 10.1. The number of anilines is 1. The summed E-state index contributed by atoms with van der Waals surface area (Å²) in [6.07, 6.45) is 6.17. The molecule has 0 bridgehead atoms. The van der Waals surface area contributed by atoms with Crippen LogP contribution in [-0.2, 0) is 17.8 Å². The third-order valence-corrected chi connectivity index (χ3v) is 5.70. The largest absolute Gasteiger partial charge is 0.308 e. The Morgan fingerprint density at radius 3 is 2.93 bits per heavy atom. The highest BCUT2D eigenvalue weighted by Crippen LogP contribution is 2.33. The number of carbonyl (C=O) groups excluding carboxylic acids is 1. The molecule has 0 unspecified atom stereocenters.